The molecule has 31 heavy (non-hydrogen) atoms. The van der Waals surface area contributed by atoms with Gasteiger partial charge in [-0.15, -0.1) is 6.42 Å². The molecule has 1 aliphatic carbocycles. The van der Waals surface area contributed by atoms with Gasteiger partial charge in [0.25, 0.3) is 0 Å². The molecular weight excluding hydrogens is 420 g/mol. The lowest BCUT2D eigenvalue weighted by atomic mass is 9.76. The summed E-state index contributed by atoms with van der Waals surface area (Å²) >= 11 is 0. The van der Waals surface area contributed by atoms with E-state index in [2.05, 4.69) is 0 Å². The normalized spacial score (nSPS) is 18.1. The van der Waals surface area contributed by atoms with Crippen LogP contribution in [-0.4, -0.2) is 31.2 Å². The molecule has 2 aromatic rings. The third-order valence-electron chi connectivity index (χ3n) is 5.76. The van der Waals surface area contributed by atoms with Crippen molar-refractivity contribution in [3.05, 3.63) is 53.1 Å². The lowest BCUT2D eigenvalue weighted by molar-refractivity contribution is -0.145. The predicted molar refractivity (Wildman–Crippen MR) is 114 cm³/mol. The Labute approximate surface area is 181 Å². The molecule has 3 unspecified atom stereocenters. The van der Waals surface area contributed by atoms with Crippen LogP contribution in [0.4, 0.5) is 4.39 Å². The van der Waals surface area contributed by atoms with Crippen LogP contribution in [0.3, 0.4) is 0 Å². The summed E-state index contributed by atoms with van der Waals surface area (Å²) in [4.78, 5) is 26.8. The molecule has 1 aromatic heterocycles. The molecule has 0 amide bonds. The highest BCUT2D eigenvalue weighted by atomic mass is 31.1. The number of hydrogen-bond acceptors (Lipinski definition) is 4. The van der Waals surface area contributed by atoms with Crippen molar-refractivity contribution < 1.29 is 28.9 Å². The van der Waals surface area contributed by atoms with E-state index in [0.29, 0.717) is 16.8 Å². The molecule has 162 valence electrons. The number of carbonyl (C=O) groups is 1. The van der Waals surface area contributed by atoms with E-state index in [9.17, 15) is 28.9 Å². The number of benzene rings is 1. The summed E-state index contributed by atoms with van der Waals surface area (Å²) in [6.07, 6.45) is 7.36. The minimum absolute atomic E-state index is 0.0521. The van der Waals surface area contributed by atoms with E-state index in [1.54, 1.807) is 6.07 Å². The second kappa shape index (κ2) is 8.12. The van der Waals surface area contributed by atoms with Crippen molar-refractivity contribution in [3.63, 3.8) is 0 Å². The van der Waals surface area contributed by atoms with Gasteiger partial charge in [0.2, 0.25) is 0 Å². The lowest BCUT2D eigenvalue weighted by Gasteiger charge is -2.33. The van der Waals surface area contributed by atoms with E-state index in [1.807, 2.05) is 19.8 Å². The van der Waals surface area contributed by atoms with Crippen LogP contribution in [-0.2, 0) is 15.0 Å². The Bertz CT molecular complexity index is 1070. The van der Waals surface area contributed by atoms with E-state index in [1.165, 1.54) is 24.3 Å². The van der Waals surface area contributed by atoms with Gasteiger partial charge in [-0.3, -0.25) is 4.98 Å². The van der Waals surface area contributed by atoms with Gasteiger partial charge in [-0.05, 0) is 65.5 Å². The van der Waals surface area contributed by atoms with Crippen molar-refractivity contribution in [1.29, 1.82) is 0 Å². The molecule has 1 saturated carbocycles. The van der Waals surface area contributed by atoms with Gasteiger partial charge in [-0.25, -0.2) is 9.18 Å². The Kier molecular flexibility index (Phi) is 6.03. The topological polar surface area (TPSA) is 108 Å². The number of hydrogen-bond donors (Lipinski definition) is 3. The average molecular weight is 444 g/mol. The van der Waals surface area contributed by atoms with Crippen LogP contribution in [0.5, 0.6) is 0 Å². The van der Waals surface area contributed by atoms with Crippen LogP contribution in [0.25, 0.3) is 11.1 Å². The number of aliphatic hydroxyl groups is 1. The van der Waals surface area contributed by atoms with Crippen molar-refractivity contribution in [3.8, 4) is 23.5 Å². The fraction of sp³-hybridized carbons (Fsp3) is 0.391. The first-order chi connectivity index (χ1) is 14.5. The van der Waals surface area contributed by atoms with E-state index < -0.39 is 30.6 Å². The zero-order valence-corrected chi connectivity index (χ0v) is 18.4. The summed E-state index contributed by atoms with van der Waals surface area (Å²) < 4.78 is 25.8. The van der Waals surface area contributed by atoms with E-state index >= 15 is 0 Å². The number of carboxylic acids is 1. The maximum atomic E-state index is 13.6. The Balaban J connectivity index is 2.44. The van der Waals surface area contributed by atoms with Gasteiger partial charge in [-0.2, -0.15) is 4.89 Å². The molecule has 3 N–H and O–H groups in total. The molecule has 1 aliphatic rings. The number of aromatic nitrogens is 1. The van der Waals surface area contributed by atoms with Gasteiger partial charge in [-0.1, -0.05) is 26.0 Å². The Morgan fingerprint density at radius 1 is 1.32 bits per heavy atom. The first-order valence-electron chi connectivity index (χ1n) is 9.88. The third kappa shape index (κ3) is 3.76. The van der Waals surface area contributed by atoms with Crippen LogP contribution in [0, 0.1) is 18.2 Å². The van der Waals surface area contributed by atoms with Crippen LogP contribution in [0.2, 0.25) is 0 Å². The molecule has 6 nitrogen and oxygen atoms in total. The molecule has 0 bridgehead atoms. The van der Waals surface area contributed by atoms with E-state index in [0.717, 1.165) is 25.5 Å². The highest BCUT2D eigenvalue weighted by molar-refractivity contribution is 7.42. The smallest absolute Gasteiger partial charge is 0.477 e. The number of rotatable bonds is 7. The molecule has 0 spiro atoms. The third-order valence-corrected chi connectivity index (χ3v) is 7.09. The van der Waals surface area contributed by atoms with Crippen LogP contribution in [0.15, 0.2) is 30.3 Å². The lowest BCUT2D eigenvalue weighted by Crippen LogP contribution is -2.53. The zero-order chi connectivity index (χ0) is 23.1. The number of nitrogens with zero attached hydrogens (tertiary/aromatic N) is 1. The van der Waals surface area contributed by atoms with E-state index in [-0.39, 0.29) is 17.4 Å². The van der Waals surface area contributed by atoms with Crippen LogP contribution in [0.1, 0.15) is 62.4 Å². The second-order valence-corrected chi connectivity index (χ2v) is 9.51. The highest BCUT2D eigenvalue weighted by Crippen LogP contribution is 2.53. The summed E-state index contributed by atoms with van der Waals surface area (Å²) in [6.45, 7) is 4.77. The Morgan fingerprint density at radius 2 is 1.90 bits per heavy atom. The van der Waals surface area contributed by atoms with Gasteiger partial charge in [0, 0.05) is 17.2 Å². The minimum Gasteiger partial charge on any atom is -0.477 e. The van der Waals surface area contributed by atoms with Crippen molar-refractivity contribution in [1.82, 2.24) is 4.98 Å². The standard InChI is InChI=1S/C23H23FNO5P/c1-5-23(21(26)27,31(29)30)22(4,28)19-17(14-8-10-16(24)11-9-14)12-18(15-6-7-15)25-20(19)13(2)3/h1,8-13,15,28H,6-7H2,2-4H3,(H-,26,27,29,30)/p+1. The largest absolute Gasteiger partial charge is 0.541 e. The van der Waals surface area contributed by atoms with Crippen LogP contribution < -0.4 is 0 Å². The number of pyridine rings is 1. The van der Waals surface area contributed by atoms with Gasteiger partial charge in [0.1, 0.15) is 5.82 Å². The van der Waals surface area contributed by atoms with E-state index in [4.69, 9.17) is 11.4 Å². The summed E-state index contributed by atoms with van der Waals surface area (Å²) in [5.41, 5.74) is -0.343. The minimum atomic E-state index is -3.55. The fourth-order valence-corrected chi connectivity index (χ4v) is 4.63. The van der Waals surface area contributed by atoms with Gasteiger partial charge in [0.15, 0.2) is 5.60 Å². The van der Waals surface area contributed by atoms with Crippen LogP contribution >= 0.6 is 8.03 Å². The molecule has 1 fully saturated rings. The monoisotopic (exact) mass is 444 g/mol. The molecule has 8 heteroatoms. The maximum absolute atomic E-state index is 13.6. The summed E-state index contributed by atoms with van der Waals surface area (Å²) in [5.74, 6) is -0.395. The zero-order valence-electron chi connectivity index (χ0n) is 17.5. The van der Waals surface area contributed by atoms with Gasteiger partial charge in [0.05, 0.1) is 5.69 Å². The molecule has 1 heterocycles. The highest BCUT2D eigenvalue weighted by Gasteiger charge is 2.70. The Morgan fingerprint density at radius 3 is 2.32 bits per heavy atom. The summed E-state index contributed by atoms with van der Waals surface area (Å²) in [5, 5.41) is 18.7. The molecule has 0 aliphatic heterocycles. The molecule has 1 aromatic carbocycles. The summed E-state index contributed by atoms with van der Waals surface area (Å²) in [7, 11) is -3.55. The fourth-order valence-electron chi connectivity index (χ4n) is 3.87. The average Bonchev–Trinajstić information content (AvgIpc) is 3.53. The van der Waals surface area contributed by atoms with Crippen molar-refractivity contribution in [2.75, 3.05) is 0 Å². The predicted octanol–water partition coefficient (Wildman–Crippen LogP) is 4.29. The number of carboxylic acid groups (broad SMARTS) is 1. The number of terminal acetylenes is 1. The first kappa shape index (κ1) is 23.0. The molecule has 0 saturated heterocycles. The SMILES string of the molecule is C#CC(C(=O)O)([P+](=O)O)C(C)(O)c1c(-c2ccc(F)cc2)cc(C2CC2)nc1C(C)C. The van der Waals surface area contributed by atoms with Crippen molar-refractivity contribution >= 4 is 14.0 Å². The number of aliphatic carboxylic acids is 1. The molecule has 3 rings (SSSR count). The molecule has 3 atom stereocenters. The van der Waals surface area contributed by atoms with Crippen molar-refractivity contribution in [2.45, 2.75) is 56.2 Å². The summed E-state index contributed by atoms with van der Waals surface area (Å²) in [6, 6.07) is 7.23. The number of halogens is 1. The van der Waals surface area contributed by atoms with Gasteiger partial charge >= 0.3 is 19.2 Å². The first-order valence-corrected chi connectivity index (χ1v) is 11.1. The second-order valence-electron chi connectivity index (χ2n) is 8.30. The Hall–Kier alpha value is -2.65. The molecule has 0 radical (unpaired) electrons. The van der Waals surface area contributed by atoms with Crippen molar-refractivity contribution in [2.24, 2.45) is 0 Å². The molecular formula is C23H24FNO5P+. The quantitative estimate of drug-likeness (QED) is 0.435. The van der Waals surface area contributed by atoms with Gasteiger partial charge < -0.3 is 10.2 Å². The maximum Gasteiger partial charge on any atom is 0.541 e.